The summed E-state index contributed by atoms with van der Waals surface area (Å²) in [6, 6.07) is 0.150. The number of unbranched alkanes of at least 4 members (excludes halogenated alkanes) is 6. The molecule has 0 bridgehead atoms. The van der Waals surface area contributed by atoms with Crippen molar-refractivity contribution in [1.29, 1.82) is 0 Å². The third-order valence-corrected chi connectivity index (χ3v) is 7.84. The molecule has 1 rings (SSSR count). The molecule has 0 fully saturated rings. The predicted molar refractivity (Wildman–Crippen MR) is 179 cm³/mol. The van der Waals surface area contributed by atoms with E-state index in [1.54, 1.807) is 18.2 Å². The maximum atomic E-state index is 13.1. The average Bonchev–Trinajstić information content (AvgIpc) is 3.25. The van der Waals surface area contributed by atoms with E-state index < -0.39 is 0 Å². The van der Waals surface area contributed by atoms with Crippen molar-refractivity contribution in [3.63, 3.8) is 0 Å². The number of rotatable bonds is 23. The highest BCUT2D eigenvalue weighted by atomic mass is 16.5. The monoisotopic (exact) mass is 599 g/mol. The number of carbonyl (C=O) groups excluding carboxylic acids is 2. The number of nitrogens with two attached hydrogens (primary N) is 2. The molecule has 1 aliphatic rings. The Labute approximate surface area is 262 Å². The topological polar surface area (TPSA) is 123 Å². The molecule has 244 valence electrons. The maximum Gasteiger partial charge on any atom is 0.256 e. The number of hydrogen-bond acceptors (Lipinski definition) is 6. The minimum Gasteiger partial charge on any atom is -0.494 e. The summed E-state index contributed by atoms with van der Waals surface area (Å²) in [5.74, 6) is 6.76. The van der Waals surface area contributed by atoms with Gasteiger partial charge in [-0.2, -0.15) is 0 Å². The first kappa shape index (κ1) is 38.2. The van der Waals surface area contributed by atoms with Crippen LogP contribution in [0.15, 0.2) is 59.7 Å². The second kappa shape index (κ2) is 23.6. The van der Waals surface area contributed by atoms with Crippen LogP contribution >= 0.6 is 0 Å². The Balaban J connectivity index is 2.55. The van der Waals surface area contributed by atoms with Crippen LogP contribution in [-0.4, -0.2) is 42.1 Å². The van der Waals surface area contributed by atoms with Crippen molar-refractivity contribution in [2.45, 2.75) is 130 Å². The van der Waals surface area contributed by atoms with Crippen LogP contribution in [0.5, 0.6) is 0 Å². The van der Waals surface area contributed by atoms with Crippen molar-refractivity contribution in [3.8, 4) is 0 Å². The number of carbonyl (C=O) groups is 2. The summed E-state index contributed by atoms with van der Waals surface area (Å²) in [7, 11) is 0. The number of nitrogens with zero attached hydrogens (tertiary/aromatic N) is 1. The Bertz CT molecular complexity index is 953. The zero-order chi connectivity index (χ0) is 31.9. The van der Waals surface area contributed by atoms with E-state index >= 15 is 0 Å². The van der Waals surface area contributed by atoms with Gasteiger partial charge in [-0.3, -0.25) is 14.6 Å². The highest BCUT2D eigenvalue weighted by Gasteiger charge is 2.23. The van der Waals surface area contributed by atoms with Gasteiger partial charge in [-0.25, -0.2) is 5.84 Å². The lowest BCUT2D eigenvalue weighted by atomic mass is 9.98. The largest absolute Gasteiger partial charge is 0.494 e. The molecule has 0 aromatic heterocycles. The first-order valence-electron chi connectivity index (χ1n) is 16.7. The third kappa shape index (κ3) is 16.6. The summed E-state index contributed by atoms with van der Waals surface area (Å²) in [5.41, 5.74) is 6.60. The van der Waals surface area contributed by atoms with Gasteiger partial charge in [0, 0.05) is 17.5 Å². The van der Waals surface area contributed by atoms with Crippen molar-refractivity contribution in [2.24, 2.45) is 17.5 Å². The number of nitrogens with one attached hydrogen (secondary N) is 2. The van der Waals surface area contributed by atoms with Gasteiger partial charge in [0.1, 0.15) is 11.6 Å². The number of hydrogen-bond donors (Lipinski definition) is 4. The van der Waals surface area contributed by atoms with Crippen molar-refractivity contribution in [3.05, 3.63) is 59.7 Å². The Morgan fingerprint density at radius 2 is 1.70 bits per heavy atom. The van der Waals surface area contributed by atoms with E-state index in [-0.39, 0.29) is 29.6 Å². The molecular weight excluding hydrogens is 538 g/mol. The maximum absolute atomic E-state index is 13.1. The van der Waals surface area contributed by atoms with E-state index in [1.165, 1.54) is 43.5 Å². The van der Waals surface area contributed by atoms with Crippen LogP contribution in [0.4, 0.5) is 0 Å². The molecule has 0 spiro atoms. The van der Waals surface area contributed by atoms with Gasteiger partial charge in [-0.15, -0.1) is 0 Å². The van der Waals surface area contributed by atoms with E-state index in [1.807, 2.05) is 38.2 Å². The molecule has 0 saturated carbocycles. The summed E-state index contributed by atoms with van der Waals surface area (Å²) >= 11 is 0. The third-order valence-electron chi connectivity index (χ3n) is 7.84. The first-order valence-corrected chi connectivity index (χ1v) is 16.7. The molecule has 0 radical (unpaired) electrons. The van der Waals surface area contributed by atoms with Gasteiger partial charge in [-0.1, -0.05) is 91.4 Å². The molecule has 0 heterocycles. The van der Waals surface area contributed by atoms with Crippen LogP contribution in [0.3, 0.4) is 0 Å². The molecule has 3 atom stereocenters. The minimum atomic E-state index is -0.284. The van der Waals surface area contributed by atoms with E-state index in [0.29, 0.717) is 31.1 Å². The van der Waals surface area contributed by atoms with Crippen molar-refractivity contribution < 1.29 is 14.3 Å². The minimum absolute atomic E-state index is 0.0652. The van der Waals surface area contributed by atoms with E-state index in [9.17, 15) is 9.59 Å². The Morgan fingerprint density at radius 3 is 2.37 bits per heavy atom. The van der Waals surface area contributed by atoms with Gasteiger partial charge < -0.3 is 21.1 Å². The molecule has 8 nitrogen and oxygen atoms in total. The van der Waals surface area contributed by atoms with Crippen molar-refractivity contribution in [1.82, 2.24) is 15.6 Å². The number of ether oxygens (including phenoxy) is 1. The smallest absolute Gasteiger partial charge is 0.256 e. The van der Waals surface area contributed by atoms with E-state index in [2.05, 4.69) is 31.4 Å². The molecule has 43 heavy (non-hydrogen) atoms. The lowest BCUT2D eigenvalue weighted by Crippen LogP contribution is -2.47. The number of allylic oxidation sites excluding steroid dienone is 5. The summed E-state index contributed by atoms with van der Waals surface area (Å²) in [5, 5.41) is 7.70. The fraction of sp³-hybridized carbons (Fsp3) is 0.657. The van der Waals surface area contributed by atoms with Crippen molar-refractivity contribution in [2.75, 3.05) is 13.2 Å². The fourth-order valence-corrected chi connectivity index (χ4v) is 4.86. The zero-order valence-corrected chi connectivity index (χ0v) is 27.7. The number of amides is 2. The zero-order valence-electron chi connectivity index (χ0n) is 27.7. The molecule has 8 heteroatoms. The van der Waals surface area contributed by atoms with Crippen LogP contribution < -0.4 is 22.2 Å². The lowest BCUT2D eigenvalue weighted by molar-refractivity contribution is -0.137. The van der Waals surface area contributed by atoms with Gasteiger partial charge in [0.2, 0.25) is 5.91 Å². The van der Waals surface area contributed by atoms with Crippen molar-refractivity contribution >= 4 is 11.8 Å². The second-order valence-electron chi connectivity index (χ2n) is 11.5. The molecule has 2 amide bonds. The quantitative estimate of drug-likeness (QED) is 0.0342. The van der Waals surface area contributed by atoms with E-state index in [4.69, 9.17) is 16.3 Å². The molecule has 1 aliphatic carbocycles. The van der Waals surface area contributed by atoms with Crippen LogP contribution in [0, 0.1) is 5.92 Å². The predicted octanol–water partition coefficient (Wildman–Crippen LogP) is 6.67. The van der Waals surface area contributed by atoms with Crippen LogP contribution in [0.25, 0.3) is 0 Å². The molecule has 0 aromatic carbocycles. The molecule has 0 aliphatic heterocycles. The standard InChI is InChI=1S/C35H61N5O3/c1-6-10-12-14-26-38-30(8-3)24-22-28(5)35(42)40(37)31(9-4)19-17-21-33(36)39-34(41)29-18-16-20-32(25-23-29)43-27-15-13-11-7-2/h17-21,23,25,28,30-31,38H,6-16,22,24,26-27,36-37H2,1-5H3,(H,39,41)/b19-17-,33-21+. The number of hydrazine groups is 1. The Kier molecular flexibility index (Phi) is 21.0. The lowest BCUT2D eigenvalue weighted by Gasteiger charge is -2.27. The van der Waals surface area contributed by atoms with Crippen LogP contribution in [0.2, 0.25) is 0 Å². The van der Waals surface area contributed by atoms with Gasteiger partial charge in [-0.05, 0) is 75.8 Å². The van der Waals surface area contributed by atoms with Gasteiger partial charge >= 0.3 is 0 Å². The van der Waals surface area contributed by atoms with Gasteiger partial charge in [0.15, 0.2) is 0 Å². The Hall–Kier alpha value is -2.84. The first-order chi connectivity index (χ1) is 20.8. The molecule has 6 N–H and O–H groups in total. The summed E-state index contributed by atoms with van der Waals surface area (Å²) in [6.07, 6.45) is 26.2. The SMILES string of the molecule is CCCCCCNC(CC)CCC(C)C(=O)N(N)C(/C=C\C=C(/N)NC(=O)C1=CCC=C(OCCCCCC)C=C1)CC. The van der Waals surface area contributed by atoms with Gasteiger partial charge in [0.25, 0.3) is 5.91 Å². The Morgan fingerprint density at radius 1 is 0.977 bits per heavy atom. The fourth-order valence-electron chi connectivity index (χ4n) is 4.86. The average molecular weight is 600 g/mol. The summed E-state index contributed by atoms with van der Waals surface area (Å²) in [6.45, 7) is 12.2. The van der Waals surface area contributed by atoms with Gasteiger partial charge in [0.05, 0.1) is 12.6 Å². The van der Waals surface area contributed by atoms with E-state index in [0.717, 1.165) is 44.4 Å². The molecular formula is C35H61N5O3. The summed E-state index contributed by atoms with van der Waals surface area (Å²) in [4.78, 5) is 25.8. The molecule has 0 saturated heterocycles. The highest BCUT2D eigenvalue weighted by Crippen LogP contribution is 2.16. The normalized spacial score (nSPS) is 15.8. The summed E-state index contributed by atoms with van der Waals surface area (Å²) < 4.78 is 5.83. The highest BCUT2D eigenvalue weighted by molar-refractivity contribution is 5.97. The molecule has 0 aromatic rings. The molecule has 3 unspecified atom stereocenters. The van der Waals surface area contributed by atoms with Crippen LogP contribution in [-0.2, 0) is 14.3 Å². The van der Waals surface area contributed by atoms with Crippen LogP contribution in [0.1, 0.15) is 118 Å². The second-order valence-corrected chi connectivity index (χ2v) is 11.5.